The highest BCUT2D eigenvalue weighted by atomic mass is 16.5. The summed E-state index contributed by atoms with van der Waals surface area (Å²) in [7, 11) is 0. The van der Waals surface area contributed by atoms with E-state index in [9.17, 15) is 10.4 Å². The second-order valence-electron chi connectivity index (χ2n) is 6.38. The van der Waals surface area contributed by atoms with Crippen molar-refractivity contribution in [3.8, 4) is 17.6 Å². The molecule has 0 radical (unpaired) electrons. The topological polar surface area (TPSA) is 91.6 Å². The number of fused-ring (bicyclic) bond motifs is 1. The van der Waals surface area contributed by atoms with E-state index >= 15 is 0 Å². The Hall–Kier alpha value is -4.04. The molecule has 0 spiro atoms. The van der Waals surface area contributed by atoms with Gasteiger partial charge < -0.3 is 15.6 Å². The number of hydrogen-bond acceptors (Lipinski definition) is 5. The summed E-state index contributed by atoms with van der Waals surface area (Å²) < 4.78 is 5.62. The molecule has 1 atom stereocenters. The van der Waals surface area contributed by atoms with E-state index in [1.807, 2.05) is 60.7 Å². The van der Waals surface area contributed by atoms with Gasteiger partial charge >= 0.3 is 0 Å². The van der Waals surface area contributed by atoms with Gasteiger partial charge in [0.2, 0.25) is 5.88 Å². The lowest BCUT2D eigenvalue weighted by molar-refractivity contribution is 0.388. The molecule has 28 heavy (non-hydrogen) atoms. The zero-order valence-electron chi connectivity index (χ0n) is 14.9. The highest BCUT2D eigenvalue weighted by Gasteiger charge is 2.31. The monoisotopic (exact) mass is 367 g/mol. The Morgan fingerprint density at radius 3 is 2.39 bits per heavy atom. The summed E-state index contributed by atoms with van der Waals surface area (Å²) in [5.74, 6) is 0.131. The molecule has 5 nitrogen and oxygen atoms in total. The summed E-state index contributed by atoms with van der Waals surface area (Å²) in [6, 6.07) is 24.5. The van der Waals surface area contributed by atoms with Crippen molar-refractivity contribution < 1.29 is 9.84 Å². The Balaban J connectivity index is 1.83. The SMILES string of the molecule is N#CC1=C(N)Oc2cc(O)c(C=Nc3ccccc3)cc2[C@@H]1c1ccccc1. The second kappa shape index (κ2) is 7.29. The molecule has 1 heterocycles. The second-order valence-corrected chi connectivity index (χ2v) is 6.38. The van der Waals surface area contributed by atoms with Gasteiger partial charge in [0.1, 0.15) is 23.1 Å². The first-order chi connectivity index (χ1) is 13.7. The summed E-state index contributed by atoms with van der Waals surface area (Å²) in [4.78, 5) is 4.41. The van der Waals surface area contributed by atoms with Crippen molar-refractivity contribution in [2.24, 2.45) is 10.7 Å². The average molecular weight is 367 g/mol. The van der Waals surface area contributed by atoms with Crippen molar-refractivity contribution in [3.63, 3.8) is 0 Å². The number of phenols is 1. The number of aromatic hydroxyl groups is 1. The maximum absolute atomic E-state index is 10.4. The number of nitrogens with zero attached hydrogens (tertiary/aromatic N) is 2. The van der Waals surface area contributed by atoms with Crippen LogP contribution in [0, 0.1) is 11.3 Å². The lowest BCUT2D eigenvalue weighted by Gasteiger charge is -2.27. The Bertz CT molecular complexity index is 1110. The van der Waals surface area contributed by atoms with Gasteiger partial charge in [0.15, 0.2) is 0 Å². The summed E-state index contributed by atoms with van der Waals surface area (Å²) in [5, 5.41) is 20.1. The molecule has 0 fully saturated rings. The van der Waals surface area contributed by atoms with Gasteiger partial charge in [-0.05, 0) is 23.8 Å². The van der Waals surface area contributed by atoms with Crippen LogP contribution in [0.25, 0.3) is 0 Å². The van der Waals surface area contributed by atoms with E-state index in [1.54, 1.807) is 12.3 Å². The molecule has 0 bridgehead atoms. The van der Waals surface area contributed by atoms with Crippen molar-refractivity contribution in [3.05, 3.63) is 101 Å². The van der Waals surface area contributed by atoms with Crippen molar-refractivity contribution in [2.75, 3.05) is 0 Å². The summed E-state index contributed by atoms with van der Waals surface area (Å²) in [6.45, 7) is 0. The normalized spacial score (nSPS) is 15.8. The minimum absolute atomic E-state index is 0.0263. The molecule has 0 aliphatic carbocycles. The number of ether oxygens (including phenoxy) is 1. The van der Waals surface area contributed by atoms with E-state index in [1.165, 1.54) is 6.07 Å². The maximum atomic E-state index is 10.4. The summed E-state index contributed by atoms with van der Waals surface area (Å²) >= 11 is 0. The molecule has 4 rings (SSSR count). The molecular formula is C23H17N3O2. The van der Waals surface area contributed by atoms with Gasteiger partial charge in [-0.2, -0.15) is 5.26 Å². The highest BCUT2D eigenvalue weighted by Crippen LogP contribution is 2.44. The fourth-order valence-electron chi connectivity index (χ4n) is 3.26. The molecule has 3 aromatic rings. The number of aliphatic imine (C=N–C) groups is 1. The van der Waals surface area contributed by atoms with Gasteiger partial charge in [0.05, 0.1) is 11.6 Å². The number of allylic oxidation sites excluding steroid dienone is 1. The van der Waals surface area contributed by atoms with Crippen LogP contribution in [0.1, 0.15) is 22.6 Å². The van der Waals surface area contributed by atoms with Crippen molar-refractivity contribution in [1.82, 2.24) is 0 Å². The minimum atomic E-state index is -0.376. The van der Waals surface area contributed by atoms with Crippen molar-refractivity contribution >= 4 is 11.9 Å². The molecule has 1 aliphatic heterocycles. The molecular weight excluding hydrogens is 350 g/mol. The van der Waals surface area contributed by atoms with E-state index < -0.39 is 0 Å². The first-order valence-corrected chi connectivity index (χ1v) is 8.76. The summed E-state index contributed by atoms with van der Waals surface area (Å²) in [6.07, 6.45) is 1.60. The predicted molar refractivity (Wildman–Crippen MR) is 108 cm³/mol. The zero-order valence-corrected chi connectivity index (χ0v) is 14.9. The number of phenolic OH excluding ortho intramolecular Hbond substituents is 1. The van der Waals surface area contributed by atoms with Crippen LogP contribution in [0.3, 0.4) is 0 Å². The Kier molecular flexibility index (Phi) is 4.53. The molecule has 5 heteroatoms. The van der Waals surface area contributed by atoms with E-state index in [4.69, 9.17) is 10.5 Å². The number of para-hydroxylation sites is 1. The number of benzene rings is 3. The Labute approximate surface area is 162 Å². The number of rotatable bonds is 3. The zero-order chi connectivity index (χ0) is 19.5. The quantitative estimate of drug-likeness (QED) is 0.673. The number of nitriles is 1. The molecule has 0 unspecified atom stereocenters. The van der Waals surface area contributed by atoms with Gasteiger partial charge in [-0.25, -0.2) is 0 Å². The lowest BCUT2D eigenvalue weighted by atomic mass is 9.83. The van der Waals surface area contributed by atoms with E-state index in [-0.39, 0.29) is 17.6 Å². The van der Waals surface area contributed by atoms with Gasteiger partial charge in [-0.15, -0.1) is 0 Å². The van der Waals surface area contributed by atoms with Crippen LogP contribution < -0.4 is 10.5 Å². The number of hydrogen-bond donors (Lipinski definition) is 2. The van der Waals surface area contributed by atoms with Crippen LogP contribution in [-0.4, -0.2) is 11.3 Å². The average Bonchev–Trinajstić information content (AvgIpc) is 2.73. The molecule has 0 aromatic heterocycles. The summed E-state index contributed by atoms with van der Waals surface area (Å²) in [5.41, 5.74) is 9.31. The fraction of sp³-hybridized carbons (Fsp3) is 0.0435. The van der Waals surface area contributed by atoms with Crippen LogP contribution in [0.2, 0.25) is 0 Å². The van der Waals surface area contributed by atoms with Crippen molar-refractivity contribution in [2.45, 2.75) is 5.92 Å². The first-order valence-electron chi connectivity index (χ1n) is 8.76. The third kappa shape index (κ3) is 3.19. The predicted octanol–water partition coefficient (Wildman–Crippen LogP) is 4.36. The van der Waals surface area contributed by atoms with Crippen LogP contribution >= 0.6 is 0 Å². The van der Waals surface area contributed by atoms with E-state index in [0.717, 1.165) is 16.8 Å². The molecule has 1 aliphatic rings. The van der Waals surface area contributed by atoms with Crippen LogP contribution in [0.15, 0.2) is 89.2 Å². The van der Waals surface area contributed by atoms with Gasteiger partial charge in [0.25, 0.3) is 0 Å². The number of nitrogens with two attached hydrogens (primary N) is 1. The van der Waals surface area contributed by atoms with Crippen LogP contribution in [0.5, 0.6) is 11.5 Å². The molecule has 0 saturated carbocycles. The Morgan fingerprint density at radius 1 is 1.04 bits per heavy atom. The smallest absolute Gasteiger partial charge is 0.205 e. The Morgan fingerprint density at radius 2 is 1.71 bits per heavy atom. The minimum Gasteiger partial charge on any atom is -0.507 e. The maximum Gasteiger partial charge on any atom is 0.205 e. The van der Waals surface area contributed by atoms with Gasteiger partial charge in [-0.1, -0.05) is 48.5 Å². The molecule has 136 valence electrons. The van der Waals surface area contributed by atoms with E-state index in [0.29, 0.717) is 16.9 Å². The largest absolute Gasteiger partial charge is 0.507 e. The highest BCUT2D eigenvalue weighted by molar-refractivity contribution is 5.86. The van der Waals surface area contributed by atoms with Crippen LogP contribution in [-0.2, 0) is 0 Å². The first kappa shape index (κ1) is 17.4. The van der Waals surface area contributed by atoms with E-state index in [2.05, 4.69) is 11.1 Å². The lowest BCUT2D eigenvalue weighted by Crippen LogP contribution is -2.21. The third-order valence-corrected chi connectivity index (χ3v) is 4.61. The molecule has 0 saturated heterocycles. The molecule has 3 aromatic carbocycles. The fourth-order valence-corrected chi connectivity index (χ4v) is 3.26. The standard InChI is InChI=1S/C23H17N3O2/c24-13-19-22(15-7-3-1-4-8-15)18-11-16(14-26-17-9-5-2-6-10-17)20(27)12-21(18)28-23(19)25/h1-12,14,22,27H,25H2/t22-/m0/s1. The van der Waals surface area contributed by atoms with Crippen LogP contribution in [0.4, 0.5) is 5.69 Å². The molecule has 3 N–H and O–H groups in total. The van der Waals surface area contributed by atoms with Gasteiger partial charge in [-0.3, -0.25) is 4.99 Å². The molecule has 0 amide bonds. The third-order valence-electron chi connectivity index (χ3n) is 4.61. The van der Waals surface area contributed by atoms with Crippen molar-refractivity contribution in [1.29, 1.82) is 5.26 Å². The van der Waals surface area contributed by atoms with Gasteiger partial charge in [0, 0.05) is 23.4 Å².